The summed E-state index contributed by atoms with van der Waals surface area (Å²) in [6.45, 7) is 0. The molecule has 0 saturated carbocycles. The van der Waals surface area contributed by atoms with Crippen LogP contribution in [0.15, 0.2) is 11.0 Å². The van der Waals surface area contributed by atoms with E-state index < -0.39 is 43.8 Å². The summed E-state index contributed by atoms with van der Waals surface area (Å²) in [4.78, 5) is 9.15. The zero-order chi connectivity index (χ0) is 12.7. The maximum Gasteiger partial charge on any atom is 0.339 e. The van der Waals surface area contributed by atoms with Gasteiger partial charge in [0.2, 0.25) is 15.8 Å². The maximum absolute atomic E-state index is 13.0. The lowest BCUT2D eigenvalue weighted by molar-refractivity contribution is 0.0692. The summed E-state index contributed by atoms with van der Waals surface area (Å²) in [5, 5.41) is 21.9. The highest BCUT2D eigenvalue weighted by Gasteiger charge is 2.26. The molecule has 0 heterocycles. The molecule has 0 spiro atoms. The summed E-state index contributed by atoms with van der Waals surface area (Å²) < 4.78 is 47.5. The lowest BCUT2D eigenvalue weighted by atomic mass is 10.2. The largest absolute Gasteiger partial charge is 0.504 e. The fraction of sp³-hybridized carbons (Fsp3) is 0. The third kappa shape index (κ3) is 1.95. The van der Waals surface area contributed by atoms with Crippen LogP contribution in [0.25, 0.3) is 0 Å². The average molecular weight is 253 g/mol. The van der Waals surface area contributed by atoms with Crippen LogP contribution in [0, 0.1) is 11.6 Å². The summed E-state index contributed by atoms with van der Waals surface area (Å²) in [7, 11) is -4.62. The van der Waals surface area contributed by atoms with Gasteiger partial charge in [-0.15, -0.1) is 0 Å². The van der Waals surface area contributed by atoms with Crippen LogP contribution in [0.3, 0.4) is 0 Å². The second kappa shape index (κ2) is 3.68. The van der Waals surface area contributed by atoms with Crippen molar-refractivity contribution in [2.45, 2.75) is 4.90 Å². The van der Waals surface area contributed by atoms with Gasteiger partial charge in [-0.25, -0.2) is 22.7 Å². The van der Waals surface area contributed by atoms with Gasteiger partial charge >= 0.3 is 5.97 Å². The van der Waals surface area contributed by atoms with Gasteiger partial charge in [-0.3, -0.25) is 0 Å². The second-order valence-electron chi connectivity index (χ2n) is 2.75. The molecule has 0 radical (unpaired) electrons. The highest BCUT2D eigenvalue weighted by atomic mass is 32.2. The Morgan fingerprint density at radius 1 is 1.31 bits per heavy atom. The number of halogens is 2. The highest BCUT2D eigenvalue weighted by molar-refractivity contribution is 7.89. The second-order valence-corrected chi connectivity index (χ2v) is 4.28. The molecule has 0 saturated heterocycles. The van der Waals surface area contributed by atoms with Crippen molar-refractivity contribution in [3.8, 4) is 5.75 Å². The van der Waals surface area contributed by atoms with Gasteiger partial charge in [0.15, 0.2) is 11.6 Å². The van der Waals surface area contributed by atoms with Crippen LogP contribution in [0.4, 0.5) is 8.78 Å². The molecule has 1 rings (SSSR count). The molecule has 6 nitrogen and oxygen atoms in total. The van der Waals surface area contributed by atoms with Crippen molar-refractivity contribution in [2.75, 3.05) is 0 Å². The fourth-order valence-electron chi connectivity index (χ4n) is 0.963. The molecule has 0 aliphatic heterocycles. The van der Waals surface area contributed by atoms with Crippen molar-refractivity contribution in [1.29, 1.82) is 0 Å². The number of carbonyl (C=O) groups is 1. The number of hydrogen-bond donors (Lipinski definition) is 3. The van der Waals surface area contributed by atoms with E-state index in [0.717, 1.165) is 0 Å². The van der Waals surface area contributed by atoms with Gasteiger partial charge < -0.3 is 10.2 Å². The molecule has 16 heavy (non-hydrogen) atoms. The molecule has 0 aromatic heterocycles. The summed E-state index contributed by atoms with van der Waals surface area (Å²) >= 11 is 0. The normalized spacial score (nSPS) is 11.4. The average Bonchev–Trinajstić information content (AvgIpc) is 2.11. The van der Waals surface area contributed by atoms with Gasteiger partial charge in [0, 0.05) is 0 Å². The number of carboxylic acid groups (broad SMARTS) is 1. The molecule has 0 bridgehead atoms. The Hall–Kier alpha value is -1.74. The Kier molecular flexibility index (Phi) is 2.84. The van der Waals surface area contributed by atoms with Crippen LogP contribution in [0.2, 0.25) is 0 Å². The molecule has 1 aromatic carbocycles. The predicted molar refractivity (Wildman–Crippen MR) is 46.4 cm³/mol. The zero-order valence-corrected chi connectivity index (χ0v) is 8.25. The van der Waals surface area contributed by atoms with Crippen molar-refractivity contribution in [3.63, 3.8) is 0 Å². The third-order valence-electron chi connectivity index (χ3n) is 1.68. The van der Waals surface area contributed by atoms with E-state index in [-0.39, 0.29) is 6.07 Å². The number of carboxylic acids is 1. The van der Waals surface area contributed by atoms with E-state index in [1.54, 1.807) is 0 Å². The number of aromatic carboxylic acids is 1. The van der Waals surface area contributed by atoms with Gasteiger partial charge in [-0.05, 0) is 6.07 Å². The molecular formula is C7H5F2NO5S. The van der Waals surface area contributed by atoms with E-state index >= 15 is 0 Å². The Morgan fingerprint density at radius 3 is 2.19 bits per heavy atom. The number of sulfonamides is 1. The number of benzene rings is 1. The highest BCUT2D eigenvalue weighted by Crippen LogP contribution is 2.28. The summed E-state index contributed by atoms with van der Waals surface area (Å²) in [5.41, 5.74) is -1.09. The van der Waals surface area contributed by atoms with Gasteiger partial charge in [0.05, 0.1) is 0 Å². The number of aromatic hydroxyl groups is 1. The molecule has 4 N–H and O–H groups in total. The topological polar surface area (TPSA) is 118 Å². The van der Waals surface area contributed by atoms with E-state index in [4.69, 9.17) is 10.2 Å². The van der Waals surface area contributed by atoms with Crippen LogP contribution < -0.4 is 5.14 Å². The smallest absolute Gasteiger partial charge is 0.339 e. The van der Waals surface area contributed by atoms with E-state index in [2.05, 4.69) is 5.14 Å². The number of primary sulfonamides is 1. The fourth-order valence-corrected chi connectivity index (χ4v) is 1.58. The minimum Gasteiger partial charge on any atom is -0.504 e. The minimum absolute atomic E-state index is 0.241. The molecule has 0 aliphatic rings. The summed E-state index contributed by atoms with van der Waals surface area (Å²) in [6.07, 6.45) is 0. The molecule has 0 amide bonds. The van der Waals surface area contributed by atoms with Crippen molar-refractivity contribution in [3.05, 3.63) is 23.3 Å². The van der Waals surface area contributed by atoms with Gasteiger partial charge in [0.25, 0.3) is 0 Å². The van der Waals surface area contributed by atoms with E-state index in [1.807, 2.05) is 0 Å². The van der Waals surface area contributed by atoms with Crippen LogP contribution in [-0.4, -0.2) is 24.6 Å². The summed E-state index contributed by atoms with van der Waals surface area (Å²) in [6, 6.07) is 0.241. The minimum atomic E-state index is -4.62. The number of hydrogen-bond acceptors (Lipinski definition) is 4. The molecule has 88 valence electrons. The Morgan fingerprint density at radius 2 is 1.81 bits per heavy atom. The van der Waals surface area contributed by atoms with Crippen molar-refractivity contribution in [2.24, 2.45) is 5.14 Å². The first-order valence-corrected chi connectivity index (χ1v) is 5.18. The molecular weight excluding hydrogens is 248 g/mol. The number of nitrogens with two attached hydrogens (primary N) is 1. The lowest BCUT2D eigenvalue weighted by Crippen LogP contribution is -2.16. The Bertz CT molecular complexity index is 569. The Labute approximate surface area is 88.0 Å². The van der Waals surface area contributed by atoms with Crippen LogP contribution in [-0.2, 0) is 10.0 Å². The molecule has 1 aromatic rings. The van der Waals surface area contributed by atoms with Crippen LogP contribution in [0.1, 0.15) is 10.4 Å². The van der Waals surface area contributed by atoms with E-state index in [9.17, 15) is 22.0 Å². The van der Waals surface area contributed by atoms with Gasteiger partial charge in [-0.1, -0.05) is 0 Å². The van der Waals surface area contributed by atoms with Gasteiger partial charge in [-0.2, -0.15) is 4.39 Å². The van der Waals surface area contributed by atoms with E-state index in [1.165, 1.54) is 0 Å². The summed E-state index contributed by atoms with van der Waals surface area (Å²) in [5.74, 6) is -7.22. The lowest BCUT2D eigenvalue weighted by Gasteiger charge is -2.06. The number of rotatable bonds is 2. The SMILES string of the molecule is NS(=O)(=O)c1cc(C(=O)O)c(O)c(F)c1F. The Balaban J connectivity index is 3.74. The zero-order valence-electron chi connectivity index (χ0n) is 7.44. The third-order valence-corrected chi connectivity index (χ3v) is 2.59. The van der Waals surface area contributed by atoms with Crippen molar-refractivity contribution < 1.29 is 32.2 Å². The van der Waals surface area contributed by atoms with Crippen LogP contribution in [0.5, 0.6) is 5.75 Å². The standard InChI is InChI=1S/C7H5F2NO5S/c8-4-3(16(10,14)15)1-2(7(12)13)6(11)5(4)9/h1,11H,(H,12,13)(H2,10,14,15). The molecule has 0 unspecified atom stereocenters. The molecule has 0 fully saturated rings. The maximum atomic E-state index is 13.0. The molecule has 9 heteroatoms. The first-order valence-electron chi connectivity index (χ1n) is 3.63. The molecule has 0 atom stereocenters. The quantitative estimate of drug-likeness (QED) is 0.686. The first kappa shape index (κ1) is 12.3. The van der Waals surface area contributed by atoms with Crippen molar-refractivity contribution in [1.82, 2.24) is 0 Å². The first-order chi connectivity index (χ1) is 7.16. The van der Waals surface area contributed by atoms with Crippen molar-refractivity contribution >= 4 is 16.0 Å². The van der Waals surface area contributed by atoms with Crippen LogP contribution >= 0.6 is 0 Å². The monoisotopic (exact) mass is 253 g/mol. The molecule has 0 aliphatic carbocycles. The number of phenols is 1. The van der Waals surface area contributed by atoms with Gasteiger partial charge in [0.1, 0.15) is 10.5 Å². The predicted octanol–water partition coefficient (Wildman–Crippen LogP) is 0.0160. The van der Waals surface area contributed by atoms with E-state index in [0.29, 0.717) is 0 Å².